The van der Waals surface area contributed by atoms with Gasteiger partial charge in [-0.25, -0.2) is 9.59 Å². The molecule has 0 aromatic heterocycles. The summed E-state index contributed by atoms with van der Waals surface area (Å²) in [7, 11) is 1.20. The van der Waals surface area contributed by atoms with Crippen molar-refractivity contribution in [1.29, 1.82) is 0 Å². The summed E-state index contributed by atoms with van der Waals surface area (Å²) in [6, 6.07) is 0. The minimum atomic E-state index is -0.978. The summed E-state index contributed by atoms with van der Waals surface area (Å²) >= 11 is 0. The fourth-order valence-corrected chi connectivity index (χ4v) is 1.10. The second kappa shape index (κ2) is 7.38. The van der Waals surface area contributed by atoms with Crippen LogP contribution in [0.2, 0.25) is 0 Å². The Balaban J connectivity index is 4.48. The molecule has 5 nitrogen and oxygen atoms in total. The van der Waals surface area contributed by atoms with E-state index in [2.05, 4.69) is 4.74 Å². The molecule has 0 bridgehead atoms. The summed E-state index contributed by atoms with van der Waals surface area (Å²) < 4.78 is 4.45. The molecule has 0 aromatic carbocycles. The summed E-state index contributed by atoms with van der Waals surface area (Å²) in [5, 5.41) is 8.59. The van der Waals surface area contributed by atoms with Gasteiger partial charge in [-0.05, 0) is 26.7 Å². The lowest BCUT2D eigenvalue weighted by atomic mass is 10.1. The molecule has 0 amide bonds. The zero-order valence-electron chi connectivity index (χ0n) is 10.1. The number of esters is 1. The second-order valence-corrected chi connectivity index (χ2v) is 3.44. The van der Waals surface area contributed by atoms with Crippen LogP contribution in [-0.2, 0) is 19.1 Å². The molecule has 0 unspecified atom stereocenters. The highest BCUT2D eigenvalue weighted by Gasteiger charge is 2.13. The van der Waals surface area contributed by atoms with Gasteiger partial charge in [-0.2, -0.15) is 0 Å². The van der Waals surface area contributed by atoms with Crippen LogP contribution in [0.25, 0.3) is 0 Å². The number of hydrogen-bond donors (Lipinski definition) is 1. The van der Waals surface area contributed by atoms with Gasteiger partial charge in [0.25, 0.3) is 0 Å². The Morgan fingerprint density at radius 3 is 2.06 bits per heavy atom. The number of ether oxygens (including phenoxy) is 1. The number of ketones is 1. The number of unbranched alkanes of at least 4 members (excludes halogenated alkanes) is 1. The number of carboxylic acid groups (broad SMARTS) is 1. The third-order valence-corrected chi connectivity index (χ3v) is 2.09. The number of Topliss-reactive ketones (excluding diaryl/α,β-unsaturated/α-hetero) is 1. The average molecular weight is 240 g/mol. The number of carboxylic acids is 1. The van der Waals surface area contributed by atoms with E-state index in [1.165, 1.54) is 33.1 Å². The van der Waals surface area contributed by atoms with Crippen LogP contribution < -0.4 is 0 Å². The molecule has 0 saturated heterocycles. The molecule has 0 spiro atoms. The SMILES string of the molecule is COC(=O)C(=CCCC=C(C)C(=O)O)C(C)=O. The summed E-state index contributed by atoms with van der Waals surface area (Å²) in [5.74, 6) is -2.01. The topological polar surface area (TPSA) is 80.7 Å². The molecule has 5 heteroatoms. The highest BCUT2D eigenvalue weighted by molar-refractivity contribution is 6.16. The van der Waals surface area contributed by atoms with Crippen LogP contribution in [-0.4, -0.2) is 29.9 Å². The maximum atomic E-state index is 11.2. The van der Waals surface area contributed by atoms with E-state index >= 15 is 0 Å². The minimum absolute atomic E-state index is 0.00567. The van der Waals surface area contributed by atoms with Gasteiger partial charge in [0.2, 0.25) is 0 Å². The lowest BCUT2D eigenvalue weighted by Crippen LogP contribution is -2.11. The first-order valence-corrected chi connectivity index (χ1v) is 5.09. The third-order valence-electron chi connectivity index (χ3n) is 2.09. The molecule has 17 heavy (non-hydrogen) atoms. The predicted octanol–water partition coefficient (Wildman–Crippen LogP) is 1.49. The van der Waals surface area contributed by atoms with Gasteiger partial charge in [-0.1, -0.05) is 12.2 Å². The van der Waals surface area contributed by atoms with Crippen molar-refractivity contribution in [3.8, 4) is 0 Å². The molecule has 0 atom stereocenters. The van der Waals surface area contributed by atoms with E-state index < -0.39 is 11.9 Å². The first kappa shape index (κ1) is 15.1. The van der Waals surface area contributed by atoms with Crippen molar-refractivity contribution < 1.29 is 24.2 Å². The summed E-state index contributed by atoms with van der Waals surface area (Å²) in [6.45, 7) is 2.76. The lowest BCUT2D eigenvalue weighted by Gasteiger charge is -2.00. The molecule has 0 radical (unpaired) electrons. The largest absolute Gasteiger partial charge is 0.478 e. The number of hydrogen-bond acceptors (Lipinski definition) is 4. The van der Waals surface area contributed by atoms with Crippen molar-refractivity contribution in [2.24, 2.45) is 0 Å². The predicted molar refractivity (Wildman–Crippen MR) is 61.4 cm³/mol. The van der Waals surface area contributed by atoms with Gasteiger partial charge in [0.1, 0.15) is 0 Å². The van der Waals surface area contributed by atoms with Crippen LogP contribution in [0.5, 0.6) is 0 Å². The third kappa shape index (κ3) is 5.65. The van der Waals surface area contributed by atoms with E-state index in [4.69, 9.17) is 5.11 Å². The van der Waals surface area contributed by atoms with Crippen molar-refractivity contribution in [3.05, 3.63) is 23.3 Å². The Morgan fingerprint density at radius 2 is 1.65 bits per heavy atom. The molecule has 0 heterocycles. The summed E-state index contributed by atoms with van der Waals surface area (Å²) in [6.07, 6.45) is 3.86. The Labute approximate surface area is 99.8 Å². The number of methoxy groups -OCH3 is 1. The number of carbonyl (C=O) groups is 3. The van der Waals surface area contributed by atoms with Gasteiger partial charge in [-0.3, -0.25) is 4.79 Å². The number of allylic oxidation sites excluding steroid dienone is 2. The van der Waals surface area contributed by atoms with Gasteiger partial charge in [0.15, 0.2) is 5.78 Å². The van der Waals surface area contributed by atoms with Gasteiger partial charge in [-0.15, -0.1) is 0 Å². The molecule has 1 N–H and O–H groups in total. The maximum Gasteiger partial charge on any atom is 0.341 e. The quantitative estimate of drug-likeness (QED) is 0.250. The molecule has 0 rings (SSSR count). The Bertz CT molecular complexity index is 376. The van der Waals surface area contributed by atoms with E-state index in [0.29, 0.717) is 12.8 Å². The van der Waals surface area contributed by atoms with Crippen molar-refractivity contribution in [2.75, 3.05) is 7.11 Å². The molecule has 0 aliphatic carbocycles. The highest BCUT2D eigenvalue weighted by atomic mass is 16.5. The van der Waals surface area contributed by atoms with E-state index in [0.717, 1.165) is 0 Å². The maximum absolute atomic E-state index is 11.2. The Morgan fingerprint density at radius 1 is 1.12 bits per heavy atom. The van der Waals surface area contributed by atoms with E-state index in [1.807, 2.05) is 0 Å². The molecule has 0 saturated carbocycles. The van der Waals surface area contributed by atoms with Crippen LogP contribution in [0.3, 0.4) is 0 Å². The van der Waals surface area contributed by atoms with Gasteiger partial charge < -0.3 is 9.84 Å². The van der Waals surface area contributed by atoms with Crippen molar-refractivity contribution in [1.82, 2.24) is 0 Å². The van der Waals surface area contributed by atoms with Crippen molar-refractivity contribution >= 4 is 17.7 Å². The lowest BCUT2D eigenvalue weighted by molar-refractivity contribution is -0.137. The molecule has 0 aliphatic rings. The monoisotopic (exact) mass is 240 g/mol. The number of carbonyl (C=O) groups excluding carboxylic acids is 2. The standard InChI is InChI=1S/C12H16O5/c1-8(11(14)15)6-4-5-7-10(9(2)13)12(16)17-3/h6-7H,4-5H2,1-3H3,(H,14,15). The van der Waals surface area contributed by atoms with Crippen LogP contribution >= 0.6 is 0 Å². The normalized spacial score (nSPS) is 12.2. The van der Waals surface area contributed by atoms with E-state index in [1.54, 1.807) is 0 Å². The Kier molecular flexibility index (Phi) is 6.55. The average Bonchev–Trinajstić information content (AvgIpc) is 2.27. The number of aliphatic carboxylic acids is 1. The summed E-state index contributed by atoms with van der Waals surface area (Å²) in [4.78, 5) is 32.7. The van der Waals surface area contributed by atoms with E-state index in [-0.39, 0.29) is 16.9 Å². The zero-order valence-corrected chi connectivity index (χ0v) is 10.1. The van der Waals surface area contributed by atoms with Crippen LogP contribution in [0.15, 0.2) is 23.3 Å². The molecule has 0 aromatic rings. The smallest absolute Gasteiger partial charge is 0.341 e. The molecular weight excluding hydrogens is 224 g/mol. The summed E-state index contributed by atoms with van der Waals surface area (Å²) in [5.41, 5.74) is 0.231. The first-order valence-electron chi connectivity index (χ1n) is 5.09. The van der Waals surface area contributed by atoms with Crippen LogP contribution in [0, 0.1) is 0 Å². The van der Waals surface area contributed by atoms with Gasteiger partial charge in [0.05, 0.1) is 12.7 Å². The first-order chi connectivity index (χ1) is 7.90. The molecular formula is C12H16O5. The molecule has 0 aliphatic heterocycles. The molecule has 0 fully saturated rings. The van der Waals surface area contributed by atoms with Crippen LogP contribution in [0.4, 0.5) is 0 Å². The van der Waals surface area contributed by atoms with Crippen LogP contribution in [0.1, 0.15) is 26.7 Å². The number of rotatable bonds is 6. The van der Waals surface area contributed by atoms with Gasteiger partial charge >= 0.3 is 11.9 Å². The zero-order chi connectivity index (χ0) is 13.4. The minimum Gasteiger partial charge on any atom is -0.478 e. The fraction of sp³-hybridized carbons (Fsp3) is 0.417. The highest BCUT2D eigenvalue weighted by Crippen LogP contribution is 2.05. The molecule has 94 valence electrons. The van der Waals surface area contributed by atoms with Gasteiger partial charge in [0, 0.05) is 5.57 Å². The van der Waals surface area contributed by atoms with E-state index in [9.17, 15) is 14.4 Å². The fourth-order valence-electron chi connectivity index (χ4n) is 1.10. The second-order valence-electron chi connectivity index (χ2n) is 3.44. The van der Waals surface area contributed by atoms with Crippen molar-refractivity contribution in [2.45, 2.75) is 26.7 Å². The van der Waals surface area contributed by atoms with Crippen molar-refractivity contribution in [3.63, 3.8) is 0 Å². The Hall–Kier alpha value is -1.91.